The van der Waals surface area contributed by atoms with E-state index >= 15 is 4.39 Å². The maximum atomic E-state index is 15.4. The zero-order valence-electron chi connectivity index (χ0n) is 16.8. The number of hydrogen-bond donors (Lipinski definition) is 1. The number of ether oxygens (including phenoxy) is 1. The molecule has 166 valence electrons. The minimum atomic E-state index is -4.65. The number of nitrogens with one attached hydrogen (secondary N) is 1. The largest absolute Gasteiger partial charge is 0.419 e. The fraction of sp³-hybridized carbons (Fsp3) is 0.300. The summed E-state index contributed by atoms with van der Waals surface area (Å²) in [6, 6.07) is 2.47. The number of nitrogens with zero attached hydrogens (tertiary/aromatic N) is 5. The van der Waals surface area contributed by atoms with Crippen molar-refractivity contribution >= 4 is 11.0 Å². The molecule has 1 aliphatic rings. The van der Waals surface area contributed by atoms with Crippen LogP contribution in [0.5, 0.6) is 0 Å². The lowest BCUT2D eigenvalue weighted by Gasteiger charge is -2.36. The summed E-state index contributed by atoms with van der Waals surface area (Å²) >= 11 is 0. The van der Waals surface area contributed by atoms with Crippen LogP contribution in [0.25, 0.3) is 33.5 Å². The average molecular weight is 450 g/mol. The highest BCUT2D eigenvalue weighted by Crippen LogP contribution is 2.44. The average Bonchev–Trinajstić information content (AvgIpc) is 3.33. The predicted octanol–water partition coefficient (Wildman–Crippen LogP) is 4.32. The van der Waals surface area contributed by atoms with E-state index in [0.29, 0.717) is 11.0 Å². The number of aromatic nitrogens is 6. The summed E-state index contributed by atoms with van der Waals surface area (Å²) in [7, 11) is 0. The van der Waals surface area contributed by atoms with Crippen LogP contribution in [0.2, 0.25) is 0 Å². The first-order valence-corrected chi connectivity index (χ1v) is 9.51. The molecular formula is C20H15F5N6O. The van der Waals surface area contributed by atoms with E-state index in [1.807, 2.05) is 0 Å². The highest BCUT2D eigenvalue weighted by molar-refractivity contribution is 5.97. The Morgan fingerprint density at radius 3 is 2.62 bits per heavy atom. The van der Waals surface area contributed by atoms with E-state index in [4.69, 9.17) is 4.74 Å². The molecule has 32 heavy (non-hydrogen) atoms. The van der Waals surface area contributed by atoms with Gasteiger partial charge in [-0.25, -0.2) is 13.8 Å². The fourth-order valence-electron chi connectivity index (χ4n) is 3.77. The van der Waals surface area contributed by atoms with E-state index in [0.717, 1.165) is 23.9 Å². The van der Waals surface area contributed by atoms with Gasteiger partial charge in [-0.3, -0.25) is 14.8 Å². The summed E-state index contributed by atoms with van der Waals surface area (Å²) in [5.74, 6) is -1.28. The summed E-state index contributed by atoms with van der Waals surface area (Å²) in [5, 5.41) is 11.2. The zero-order chi connectivity index (χ0) is 22.8. The summed E-state index contributed by atoms with van der Waals surface area (Å²) in [4.78, 5) is 8.13. The van der Waals surface area contributed by atoms with E-state index in [9.17, 15) is 17.6 Å². The Morgan fingerprint density at radius 1 is 1.16 bits per heavy atom. The van der Waals surface area contributed by atoms with Gasteiger partial charge in [-0.05, 0) is 26.0 Å². The zero-order valence-corrected chi connectivity index (χ0v) is 16.8. The quantitative estimate of drug-likeness (QED) is 0.460. The normalized spacial score (nSPS) is 18.8. The van der Waals surface area contributed by atoms with E-state index < -0.39 is 36.6 Å². The van der Waals surface area contributed by atoms with Crippen LogP contribution in [-0.2, 0) is 17.9 Å². The van der Waals surface area contributed by atoms with Crippen molar-refractivity contribution in [1.82, 2.24) is 29.9 Å². The standard InChI is InChI=1S/C20H15F5N6O/c1-9-16(22)14(11-6-27-29-18(11)28-9)15-13-7-32-19(2,20(23,24)25)8-31(13)30-17(15)12-4-3-10(21)5-26-12/h3-6H,7-8H2,1-2H3,(H,27,28,29)/t19-/m0/s1. The molecule has 1 aliphatic heterocycles. The van der Waals surface area contributed by atoms with Gasteiger partial charge in [-0.1, -0.05) is 0 Å². The molecule has 1 atom stereocenters. The third-order valence-corrected chi connectivity index (χ3v) is 5.56. The SMILES string of the molecule is Cc1nc2[nH]ncc2c(-c2c(-c3ccc(F)cn3)nn3c2CO[C@](C)(C(F)(F)F)C3)c1F. The third kappa shape index (κ3) is 2.97. The van der Waals surface area contributed by atoms with E-state index in [-0.39, 0.29) is 33.9 Å². The number of fused-ring (bicyclic) bond motifs is 2. The van der Waals surface area contributed by atoms with Crippen molar-refractivity contribution in [2.24, 2.45) is 0 Å². The van der Waals surface area contributed by atoms with E-state index in [2.05, 4.69) is 25.3 Å². The number of rotatable bonds is 2. The molecule has 0 saturated carbocycles. The van der Waals surface area contributed by atoms with Crippen LogP contribution >= 0.6 is 0 Å². The van der Waals surface area contributed by atoms with Crippen molar-refractivity contribution in [3.8, 4) is 22.5 Å². The lowest BCUT2D eigenvalue weighted by molar-refractivity contribution is -0.287. The first-order valence-electron chi connectivity index (χ1n) is 9.51. The Hall–Kier alpha value is -3.41. The Bertz CT molecular complexity index is 1340. The lowest BCUT2D eigenvalue weighted by Crippen LogP contribution is -2.51. The van der Waals surface area contributed by atoms with Crippen molar-refractivity contribution in [3.63, 3.8) is 0 Å². The van der Waals surface area contributed by atoms with E-state index in [1.165, 1.54) is 19.2 Å². The van der Waals surface area contributed by atoms with Gasteiger partial charge < -0.3 is 4.74 Å². The third-order valence-electron chi connectivity index (χ3n) is 5.56. The molecule has 0 saturated heterocycles. The molecule has 5 rings (SSSR count). The second kappa shape index (κ2) is 6.79. The van der Waals surface area contributed by atoms with Gasteiger partial charge in [0.1, 0.15) is 11.5 Å². The molecule has 5 heterocycles. The molecule has 0 unspecified atom stereocenters. The summed E-state index contributed by atoms with van der Waals surface area (Å²) in [6.45, 7) is 1.28. The van der Waals surface area contributed by atoms with E-state index in [1.54, 1.807) is 0 Å². The molecule has 0 amide bonds. The second-order valence-corrected chi connectivity index (χ2v) is 7.73. The van der Waals surface area contributed by atoms with Crippen molar-refractivity contribution < 1.29 is 26.7 Å². The number of hydrogen-bond acceptors (Lipinski definition) is 5. The lowest BCUT2D eigenvalue weighted by atomic mass is 9.96. The highest BCUT2D eigenvalue weighted by atomic mass is 19.4. The van der Waals surface area contributed by atoms with Gasteiger partial charge in [-0.2, -0.15) is 23.4 Å². The first-order chi connectivity index (χ1) is 15.1. The molecule has 7 nitrogen and oxygen atoms in total. The number of aryl methyl sites for hydroxylation is 1. The number of halogens is 5. The molecule has 0 radical (unpaired) electrons. The monoisotopic (exact) mass is 450 g/mol. The van der Waals surface area contributed by atoms with Gasteiger partial charge in [0.05, 0.1) is 42.6 Å². The molecule has 0 bridgehead atoms. The van der Waals surface area contributed by atoms with Crippen molar-refractivity contribution in [1.29, 1.82) is 0 Å². The van der Waals surface area contributed by atoms with Crippen LogP contribution in [0.4, 0.5) is 22.0 Å². The molecule has 1 N–H and O–H groups in total. The van der Waals surface area contributed by atoms with Crippen molar-refractivity contribution in [2.75, 3.05) is 0 Å². The Labute approximate surface area is 177 Å². The van der Waals surface area contributed by atoms with Gasteiger partial charge in [0, 0.05) is 16.5 Å². The van der Waals surface area contributed by atoms with Crippen LogP contribution in [-0.4, -0.2) is 41.7 Å². The molecule has 12 heteroatoms. The van der Waals surface area contributed by atoms with Crippen LogP contribution in [0.1, 0.15) is 18.3 Å². The molecular weight excluding hydrogens is 435 g/mol. The van der Waals surface area contributed by atoms with Crippen LogP contribution < -0.4 is 0 Å². The van der Waals surface area contributed by atoms with Crippen molar-refractivity contribution in [2.45, 2.75) is 38.8 Å². The van der Waals surface area contributed by atoms with Gasteiger partial charge >= 0.3 is 6.18 Å². The maximum Gasteiger partial charge on any atom is 0.419 e. The predicted molar refractivity (Wildman–Crippen MR) is 102 cm³/mol. The smallest absolute Gasteiger partial charge is 0.358 e. The van der Waals surface area contributed by atoms with Crippen LogP contribution in [0.3, 0.4) is 0 Å². The molecule has 4 aromatic heterocycles. The van der Waals surface area contributed by atoms with Crippen LogP contribution in [0, 0.1) is 18.6 Å². The Morgan fingerprint density at radius 2 is 1.94 bits per heavy atom. The van der Waals surface area contributed by atoms with Crippen LogP contribution in [0.15, 0.2) is 24.5 Å². The molecule has 0 spiro atoms. The minimum absolute atomic E-state index is 0.0582. The fourth-order valence-corrected chi connectivity index (χ4v) is 3.77. The minimum Gasteiger partial charge on any atom is -0.358 e. The second-order valence-electron chi connectivity index (χ2n) is 7.73. The molecule has 4 aromatic rings. The topological polar surface area (TPSA) is 81.5 Å². The number of alkyl halides is 3. The summed E-state index contributed by atoms with van der Waals surface area (Å²) < 4.78 is 76.0. The van der Waals surface area contributed by atoms with Gasteiger partial charge in [0.25, 0.3) is 0 Å². The van der Waals surface area contributed by atoms with Crippen molar-refractivity contribution in [3.05, 3.63) is 47.5 Å². The Kier molecular flexibility index (Phi) is 4.35. The summed E-state index contributed by atoms with van der Waals surface area (Å²) in [6.07, 6.45) is -2.33. The Balaban J connectivity index is 1.81. The highest BCUT2D eigenvalue weighted by Gasteiger charge is 2.55. The number of aromatic amines is 1. The molecule has 0 aromatic carbocycles. The van der Waals surface area contributed by atoms with Gasteiger partial charge in [0.15, 0.2) is 17.1 Å². The first kappa shape index (κ1) is 20.5. The number of pyridine rings is 2. The van der Waals surface area contributed by atoms with Gasteiger partial charge in [-0.15, -0.1) is 0 Å². The molecule has 0 aliphatic carbocycles. The van der Waals surface area contributed by atoms with Gasteiger partial charge in [0.2, 0.25) is 0 Å². The number of H-pyrrole nitrogens is 1. The maximum absolute atomic E-state index is 15.4. The molecule has 0 fully saturated rings. The summed E-state index contributed by atoms with van der Waals surface area (Å²) in [5.41, 5.74) is -1.36.